The molecule has 2 amide bonds. The van der Waals surface area contributed by atoms with Gasteiger partial charge >= 0.3 is 0 Å². The van der Waals surface area contributed by atoms with Crippen molar-refractivity contribution in [2.24, 2.45) is 0 Å². The SMILES string of the molecule is CC(C)(C)NC(=O)[C@@H](Cc1ccccc1)N(Cc1cccc(Br)c1)C(=O)COc1ccc2ccccc2c1Br. The number of rotatable bonds is 9. The maximum Gasteiger partial charge on any atom is 0.261 e. The standard InChI is InChI=1S/C32H32Br2N2O3/c1-32(2,3)35-31(38)27(19-22-10-5-4-6-11-22)36(20-23-12-9-14-25(33)18-23)29(37)21-39-28-17-16-24-13-7-8-15-26(24)30(28)34/h4-18,27H,19-21H2,1-3H3,(H,35,38)/t27-/m1/s1. The van der Waals surface area contributed by atoms with Gasteiger partial charge in [0, 0.05) is 23.0 Å². The van der Waals surface area contributed by atoms with Gasteiger partial charge in [0.15, 0.2) is 6.61 Å². The summed E-state index contributed by atoms with van der Waals surface area (Å²) in [5.74, 6) is 0.0878. The highest BCUT2D eigenvalue weighted by molar-refractivity contribution is 9.11. The van der Waals surface area contributed by atoms with Gasteiger partial charge in [0.1, 0.15) is 11.8 Å². The van der Waals surface area contributed by atoms with Crippen LogP contribution in [0.15, 0.2) is 99.9 Å². The van der Waals surface area contributed by atoms with Crippen molar-refractivity contribution in [3.8, 4) is 5.75 Å². The first kappa shape index (κ1) is 28.8. The van der Waals surface area contributed by atoms with Gasteiger partial charge in [0.2, 0.25) is 5.91 Å². The lowest BCUT2D eigenvalue weighted by Gasteiger charge is -2.33. The number of halogens is 2. The molecule has 0 aliphatic rings. The fourth-order valence-corrected chi connectivity index (χ4v) is 5.44. The van der Waals surface area contributed by atoms with E-state index in [-0.39, 0.29) is 25.0 Å². The number of amides is 2. The molecule has 0 heterocycles. The first-order valence-electron chi connectivity index (χ1n) is 12.8. The second-order valence-electron chi connectivity index (χ2n) is 10.5. The van der Waals surface area contributed by atoms with Crippen LogP contribution in [0.2, 0.25) is 0 Å². The van der Waals surface area contributed by atoms with Gasteiger partial charge in [-0.3, -0.25) is 9.59 Å². The molecule has 0 saturated heterocycles. The molecule has 0 aliphatic carbocycles. The van der Waals surface area contributed by atoms with Crippen LogP contribution in [0.25, 0.3) is 10.8 Å². The first-order valence-corrected chi connectivity index (χ1v) is 14.4. The van der Waals surface area contributed by atoms with E-state index in [0.29, 0.717) is 12.2 Å². The van der Waals surface area contributed by atoms with Crippen LogP contribution >= 0.6 is 31.9 Å². The zero-order valence-corrected chi connectivity index (χ0v) is 25.5. The predicted octanol–water partition coefficient (Wildman–Crippen LogP) is 7.30. The number of carbonyl (C=O) groups is 2. The topological polar surface area (TPSA) is 58.6 Å². The zero-order valence-electron chi connectivity index (χ0n) is 22.3. The van der Waals surface area contributed by atoms with Gasteiger partial charge in [-0.1, -0.05) is 88.7 Å². The number of ether oxygens (including phenoxy) is 1. The van der Waals surface area contributed by atoms with Gasteiger partial charge in [-0.05, 0) is 76.8 Å². The van der Waals surface area contributed by atoms with Gasteiger partial charge in [-0.2, -0.15) is 0 Å². The van der Waals surface area contributed by atoms with E-state index in [1.54, 1.807) is 4.90 Å². The van der Waals surface area contributed by atoms with Gasteiger partial charge in [0.25, 0.3) is 5.91 Å². The fourth-order valence-electron chi connectivity index (χ4n) is 4.39. The van der Waals surface area contributed by atoms with Gasteiger partial charge < -0.3 is 15.0 Å². The molecule has 0 aliphatic heterocycles. The minimum Gasteiger partial charge on any atom is -0.483 e. The zero-order chi connectivity index (χ0) is 28.0. The highest BCUT2D eigenvalue weighted by Crippen LogP contribution is 2.33. The molecule has 39 heavy (non-hydrogen) atoms. The maximum absolute atomic E-state index is 13.9. The van der Waals surface area contributed by atoms with Crippen LogP contribution in [0, 0.1) is 0 Å². The van der Waals surface area contributed by atoms with Crippen LogP contribution in [0.3, 0.4) is 0 Å². The van der Waals surface area contributed by atoms with Crippen molar-refractivity contribution in [1.82, 2.24) is 10.2 Å². The van der Waals surface area contributed by atoms with Crippen LogP contribution in [0.5, 0.6) is 5.75 Å². The smallest absolute Gasteiger partial charge is 0.261 e. The summed E-state index contributed by atoms with van der Waals surface area (Å²) in [5.41, 5.74) is 1.42. The summed E-state index contributed by atoms with van der Waals surface area (Å²) < 4.78 is 7.75. The molecule has 0 radical (unpaired) electrons. The lowest BCUT2D eigenvalue weighted by molar-refractivity contribution is -0.143. The summed E-state index contributed by atoms with van der Waals surface area (Å²) in [6, 6.07) is 28.6. The van der Waals surface area contributed by atoms with E-state index in [4.69, 9.17) is 4.74 Å². The molecule has 0 saturated carbocycles. The Labute approximate surface area is 246 Å². The van der Waals surface area contributed by atoms with Crippen molar-refractivity contribution < 1.29 is 14.3 Å². The molecule has 5 nitrogen and oxygen atoms in total. The third-order valence-corrected chi connectivity index (χ3v) is 7.50. The molecule has 4 rings (SSSR count). The second-order valence-corrected chi connectivity index (χ2v) is 12.2. The normalized spacial score (nSPS) is 12.1. The molecule has 0 unspecified atom stereocenters. The lowest BCUT2D eigenvalue weighted by atomic mass is 10.0. The van der Waals surface area contributed by atoms with Crippen molar-refractivity contribution in [2.45, 2.75) is 45.3 Å². The molecule has 1 atom stereocenters. The summed E-state index contributed by atoms with van der Waals surface area (Å²) in [6.45, 7) is 5.86. The van der Waals surface area contributed by atoms with E-state index in [1.807, 2.05) is 112 Å². The number of carbonyl (C=O) groups excluding carboxylic acids is 2. The Balaban J connectivity index is 1.66. The van der Waals surface area contributed by atoms with Crippen LogP contribution < -0.4 is 10.1 Å². The van der Waals surface area contributed by atoms with Crippen molar-refractivity contribution in [1.29, 1.82) is 0 Å². The van der Waals surface area contributed by atoms with Crippen molar-refractivity contribution in [3.05, 3.63) is 111 Å². The van der Waals surface area contributed by atoms with E-state index in [2.05, 4.69) is 37.2 Å². The molecule has 0 spiro atoms. The van der Waals surface area contributed by atoms with E-state index in [9.17, 15) is 9.59 Å². The van der Waals surface area contributed by atoms with Crippen molar-refractivity contribution in [2.75, 3.05) is 6.61 Å². The lowest BCUT2D eigenvalue weighted by Crippen LogP contribution is -2.55. The molecule has 0 aromatic heterocycles. The fraction of sp³-hybridized carbons (Fsp3) is 0.250. The average Bonchev–Trinajstić information content (AvgIpc) is 2.90. The van der Waals surface area contributed by atoms with Crippen LogP contribution in [-0.4, -0.2) is 34.9 Å². The molecular formula is C32H32Br2N2O3. The highest BCUT2D eigenvalue weighted by Gasteiger charge is 2.32. The van der Waals surface area contributed by atoms with E-state index in [1.165, 1.54) is 0 Å². The van der Waals surface area contributed by atoms with Crippen LogP contribution in [0.1, 0.15) is 31.9 Å². The Morgan fingerprint density at radius 1 is 0.872 bits per heavy atom. The largest absolute Gasteiger partial charge is 0.483 e. The molecule has 0 fully saturated rings. The van der Waals surface area contributed by atoms with E-state index < -0.39 is 11.6 Å². The molecule has 7 heteroatoms. The summed E-state index contributed by atoms with van der Waals surface area (Å²) in [6.07, 6.45) is 0.377. The van der Waals surface area contributed by atoms with Gasteiger partial charge in [0.05, 0.1) is 4.47 Å². The second kappa shape index (κ2) is 12.8. The number of nitrogens with zero attached hydrogens (tertiary/aromatic N) is 1. The molecule has 1 N–H and O–H groups in total. The van der Waals surface area contributed by atoms with Gasteiger partial charge in [-0.25, -0.2) is 0 Å². The first-order chi connectivity index (χ1) is 18.6. The molecule has 4 aromatic carbocycles. The predicted molar refractivity (Wildman–Crippen MR) is 164 cm³/mol. The van der Waals surface area contributed by atoms with Crippen LogP contribution in [0.4, 0.5) is 0 Å². The van der Waals surface area contributed by atoms with Crippen molar-refractivity contribution >= 4 is 54.4 Å². The number of fused-ring (bicyclic) bond motifs is 1. The quantitative estimate of drug-likeness (QED) is 0.207. The molecule has 4 aromatic rings. The number of nitrogens with one attached hydrogen (secondary N) is 1. The molecule has 0 bridgehead atoms. The third-order valence-electron chi connectivity index (χ3n) is 6.19. The average molecular weight is 652 g/mol. The van der Waals surface area contributed by atoms with E-state index >= 15 is 0 Å². The van der Waals surface area contributed by atoms with Crippen molar-refractivity contribution in [3.63, 3.8) is 0 Å². The summed E-state index contributed by atoms with van der Waals surface area (Å²) in [7, 11) is 0. The number of hydrogen-bond acceptors (Lipinski definition) is 3. The molecule has 202 valence electrons. The number of benzene rings is 4. The Hall–Kier alpha value is -3.16. The van der Waals surface area contributed by atoms with Gasteiger partial charge in [-0.15, -0.1) is 0 Å². The Morgan fingerprint density at radius 3 is 2.28 bits per heavy atom. The minimum absolute atomic E-state index is 0.207. The summed E-state index contributed by atoms with van der Waals surface area (Å²) in [4.78, 5) is 29.2. The Kier molecular flexibility index (Phi) is 9.46. The third kappa shape index (κ3) is 7.93. The maximum atomic E-state index is 13.9. The Morgan fingerprint density at radius 2 is 1.56 bits per heavy atom. The monoisotopic (exact) mass is 650 g/mol. The number of hydrogen-bond donors (Lipinski definition) is 1. The minimum atomic E-state index is -0.734. The summed E-state index contributed by atoms with van der Waals surface area (Å²) in [5, 5.41) is 5.16. The molecular weight excluding hydrogens is 620 g/mol. The summed E-state index contributed by atoms with van der Waals surface area (Å²) >= 11 is 7.17. The van der Waals surface area contributed by atoms with E-state index in [0.717, 1.165) is 30.8 Å². The highest BCUT2D eigenvalue weighted by atomic mass is 79.9. The Bertz CT molecular complexity index is 1450. The van der Waals surface area contributed by atoms with Crippen LogP contribution in [-0.2, 0) is 22.6 Å².